The Morgan fingerprint density at radius 1 is 1.53 bits per heavy atom. The Bertz CT molecular complexity index is 444. The highest BCUT2D eigenvalue weighted by Crippen LogP contribution is 2.28. The van der Waals surface area contributed by atoms with Crippen LogP contribution in [0.4, 0.5) is 10.9 Å². The highest BCUT2D eigenvalue weighted by atomic mass is 32.1. The zero-order valence-electron chi connectivity index (χ0n) is 11.8. The van der Waals surface area contributed by atoms with Crippen LogP contribution in [0.5, 0.6) is 0 Å². The highest BCUT2D eigenvalue weighted by Gasteiger charge is 2.20. The smallest absolute Gasteiger partial charge is 0.267 e. The SMILES string of the molecule is C=CCCCN(C)C(=O)c1sc(N(C)CC)nc1N. The van der Waals surface area contributed by atoms with Gasteiger partial charge in [-0.3, -0.25) is 4.79 Å². The normalized spacial score (nSPS) is 10.3. The summed E-state index contributed by atoms with van der Waals surface area (Å²) in [4.78, 5) is 20.7. The number of aromatic nitrogens is 1. The van der Waals surface area contributed by atoms with Gasteiger partial charge in [-0.15, -0.1) is 6.58 Å². The molecule has 0 aliphatic heterocycles. The number of thiazole rings is 1. The van der Waals surface area contributed by atoms with E-state index in [-0.39, 0.29) is 5.91 Å². The van der Waals surface area contributed by atoms with Crippen molar-refractivity contribution in [2.24, 2.45) is 0 Å². The summed E-state index contributed by atoms with van der Waals surface area (Å²) in [5.41, 5.74) is 5.84. The quantitative estimate of drug-likeness (QED) is 0.615. The number of nitrogen functional groups attached to an aromatic ring is 1. The third-order valence-electron chi connectivity index (χ3n) is 2.89. The number of nitrogens with two attached hydrogens (primary N) is 1. The molecule has 1 amide bonds. The Balaban J connectivity index is 2.76. The lowest BCUT2D eigenvalue weighted by Gasteiger charge is -2.15. The lowest BCUT2D eigenvalue weighted by Crippen LogP contribution is -2.27. The highest BCUT2D eigenvalue weighted by molar-refractivity contribution is 7.18. The monoisotopic (exact) mass is 282 g/mol. The Hall–Kier alpha value is -1.56. The van der Waals surface area contributed by atoms with Gasteiger partial charge in [-0.1, -0.05) is 17.4 Å². The molecule has 0 spiro atoms. The van der Waals surface area contributed by atoms with Gasteiger partial charge in [-0.25, -0.2) is 4.98 Å². The number of rotatable bonds is 7. The van der Waals surface area contributed by atoms with Crippen LogP contribution in [-0.4, -0.2) is 43.0 Å². The standard InChI is InChI=1S/C13H22N4OS/c1-5-7-8-9-17(4)12(18)10-11(14)15-13(19-10)16(3)6-2/h5H,1,6-9,14H2,2-4H3. The van der Waals surface area contributed by atoms with Gasteiger partial charge < -0.3 is 15.5 Å². The summed E-state index contributed by atoms with van der Waals surface area (Å²) < 4.78 is 0. The number of unbranched alkanes of at least 4 members (excludes halogenated alkanes) is 1. The van der Waals surface area contributed by atoms with Crippen molar-refractivity contribution in [3.63, 3.8) is 0 Å². The molecule has 0 saturated carbocycles. The number of anilines is 2. The molecular formula is C13H22N4OS. The van der Waals surface area contributed by atoms with Gasteiger partial charge >= 0.3 is 0 Å². The van der Waals surface area contributed by atoms with Gasteiger partial charge in [0, 0.05) is 27.2 Å². The first kappa shape index (κ1) is 15.5. The van der Waals surface area contributed by atoms with E-state index >= 15 is 0 Å². The minimum Gasteiger partial charge on any atom is -0.382 e. The molecule has 2 N–H and O–H groups in total. The summed E-state index contributed by atoms with van der Waals surface area (Å²) in [6.45, 7) is 7.22. The van der Waals surface area contributed by atoms with Gasteiger partial charge in [-0.2, -0.15) is 0 Å². The number of carbonyl (C=O) groups excluding carboxylic acids is 1. The second-order valence-corrected chi connectivity index (χ2v) is 5.36. The summed E-state index contributed by atoms with van der Waals surface area (Å²) in [5, 5.41) is 0.780. The van der Waals surface area contributed by atoms with Gasteiger partial charge in [0.25, 0.3) is 5.91 Å². The zero-order chi connectivity index (χ0) is 14.4. The zero-order valence-corrected chi connectivity index (χ0v) is 12.7. The second kappa shape index (κ2) is 7.13. The average Bonchev–Trinajstić information content (AvgIpc) is 2.79. The molecule has 0 unspecified atom stereocenters. The van der Waals surface area contributed by atoms with Crippen LogP contribution in [0.3, 0.4) is 0 Å². The third-order valence-corrected chi connectivity index (χ3v) is 4.06. The second-order valence-electron chi connectivity index (χ2n) is 4.38. The van der Waals surface area contributed by atoms with E-state index in [9.17, 15) is 4.79 Å². The molecule has 0 aliphatic rings. The first-order chi connectivity index (χ1) is 9.01. The summed E-state index contributed by atoms with van der Waals surface area (Å²) in [6.07, 6.45) is 3.67. The van der Waals surface area contributed by atoms with E-state index in [0.717, 1.165) is 24.5 Å². The largest absolute Gasteiger partial charge is 0.382 e. The lowest BCUT2D eigenvalue weighted by molar-refractivity contribution is 0.0799. The summed E-state index contributed by atoms with van der Waals surface area (Å²) >= 11 is 1.35. The van der Waals surface area contributed by atoms with Crippen LogP contribution in [0.25, 0.3) is 0 Å². The molecule has 106 valence electrons. The summed E-state index contributed by atoms with van der Waals surface area (Å²) in [7, 11) is 3.72. The first-order valence-corrected chi connectivity index (χ1v) is 7.16. The molecule has 0 aliphatic carbocycles. The number of carbonyl (C=O) groups is 1. The molecule has 0 bridgehead atoms. The van der Waals surface area contributed by atoms with E-state index in [4.69, 9.17) is 5.73 Å². The van der Waals surface area contributed by atoms with Crippen LogP contribution in [0.15, 0.2) is 12.7 Å². The number of nitrogens with zero attached hydrogens (tertiary/aromatic N) is 3. The predicted octanol–water partition coefficient (Wildman–Crippen LogP) is 2.22. The third kappa shape index (κ3) is 3.96. The van der Waals surface area contributed by atoms with Gasteiger partial charge in [-0.05, 0) is 19.8 Å². The molecule has 1 aromatic rings. The van der Waals surface area contributed by atoms with Crippen LogP contribution < -0.4 is 10.6 Å². The van der Waals surface area contributed by atoms with Crippen molar-refractivity contribution in [1.29, 1.82) is 0 Å². The molecular weight excluding hydrogens is 260 g/mol. The minimum absolute atomic E-state index is 0.0604. The number of hydrogen-bond acceptors (Lipinski definition) is 5. The molecule has 1 heterocycles. The van der Waals surface area contributed by atoms with Crippen LogP contribution in [0.1, 0.15) is 29.4 Å². The maximum absolute atomic E-state index is 12.3. The van der Waals surface area contributed by atoms with Crippen LogP contribution >= 0.6 is 11.3 Å². The van der Waals surface area contributed by atoms with Gasteiger partial charge in [0.15, 0.2) is 5.13 Å². The number of amides is 1. The molecule has 0 atom stereocenters. The van der Waals surface area contributed by atoms with E-state index in [2.05, 4.69) is 11.6 Å². The van der Waals surface area contributed by atoms with Crippen molar-refractivity contribution in [3.8, 4) is 0 Å². The van der Waals surface area contributed by atoms with Gasteiger partial charge in [0.1, 0.15) is 10.7 Å². The van der Waals surface area contributed by atoms with Crippen LogP contribution in [0.2, 0.25) is 0 Å². The Morgan fingerprint density at radius 2 is 2.21 bits per heavy atom. The van der Waals surface area contributed by atoms with E-state index in [0.29, 0.717) is 17.2 Å². The van der Waals surface area contributed by atoms with Gasteiger partial charge in [0.05, 0.1) is 0 Å². The fourth-order valence-corrected chi connectivity index (χ4v) is 2.52. The predicted molar refractivity (Wildman–Crippen MR) is 81.9 cm³/mol. The molecule has 0 saturated heterocycles. The fraction of sp³-hybridized carbons (Fsp3) is 0.538. The van der Waals surface area contributed by atoms with Crippen molar-refractivity contribution >= 4 is 28.2 Å². The average molecular weight is 282 g/mol. The maximum Gasteiger partial charge on any atom is 0.267 e. The van der Waals surface area contributed by atoms with Crippen LogP contribution in [0, 0.1) is 0 Å². The summed E-state index contributed by atoms with van der Waals surface area (Å²) in [5.74, 6) is 0.260. The molecule has 0 radical (unpaired) electrons. The molecule has 5 nitrogen and oxygen atoms in total. The van der Waals surface area contributed by atoms with E-state index in [1.165, 1.54) is 11.3 Å². The van der Waals surface area contributed by atoms with Crippen molar-refractivity contribution in [2.45, 2.75) is 19.8 Å². The van der Waals surface area contributed by atoms with Crippen LogP contribution in [-0.2, 0) is 0 Å². The fourth-order valence-electron chi connectivity index (χ4n) is 1.52. The Morgan fingerprint density at radius 3 is 2.79 bits per heavy atom. The van der Waals surface area contributed by atoms with E-state index in [1.807, 2.05) is 24.9 Å². The van der Waals surface area contributed by atoms with Crippen molar-refractivity contribution < 1.29 is 4.79 Å². The molecule has 1 rings (SSSR count). The van der Waals surface area contributed by atoms with Crippen molar-refractivity contribution in [2.75, 3.05) is 37.8 Å². The first-order valence-electron chi connectivity index (χ1n) is 6.35. The van der Waals surface area contributed by atoms with E-state index < -0.39 is 0 Å². The molecule has 6 heteroatoms. The van der Waals surface area contributed by atoms with Gasteiger partial charge in [0.2, 0.25) is 0 Å². The number of hydrogen-bond donors (Lipinski definition) is 1. The van der Waals surface area contributed by atoms with Crippen molar-refractivity contribution in [1.82, 2.24) is 9.88 Å². The maximum atomic E-state index is 12.3. The molecule has 19 heavy (non-hydrogen) atoms. The Labute approximate surface area is 118 Å². The number of allylic oxidation sites excluding steroid dienone is 1. The lowest BCUT2D eigenvalue weighted by atomic mass is 10.3. The summed E-state index contributed by atoms with van der Waals surface area (Å²) in [6, 6.07) is 0. The molecule has 0 fully saturated rings. The van der Waals surface area contributed by atoms with Crippen molar-refractivity contribution in [3.05, 3.63) is 17.5 Å². The van der Waals surface area contributed by atoms with E-state index in [1.54, 1.807) is 11.9 Å². The molecule has 0 aromatic carbocycles. The topological polar surface area (TPSA) is 62.5 Å². The minimum atomic E-state index is -0.0604. The molecule has 1 aromatic heterocycles. The Kier molecular flexibility index (Phi) is 5.82.